The maximum Gasteiger partial charge on any atom is 0.227 e. The van der Waals surface area contributed by atoms with Gasteiger partial charge in [-0.3, -0.25) is 9.59 Å². The molecule has 1 unspecified atom stereocenters. The molecule has 0 N–H and O–H groups in total. The van der Waals surface area contributed by atoms with Gasteiger partial charge in [0, 0.05) is 46.3 Å². The van der Waals surface area contributed by atoms with Gasteiger partial charge in [-0.25, -0.2) is 0 Å². The summed E-state index contributed by atoms with van der Waals surface area (Å²) in [4.78, 5) is 31.2. The maximum atomic E-state index is 12.8. The van der Waals surface area contributed by atoms with E-state index in [2.05, 4.69) is 4.90 Å². The fourth-order valence-electron chi connectivity index (χ4n) is 4.21. The molecule has 6 heteroatoms. The van der Waals surface area contributed by atoms with E-state index in [1.807, 2.05) is 16.8 Å². The third-order valence-electron chi connectivity index (χ3n) is 6.01. The summed E-state index contributed by atoms with van der Waals surface area (Å²) >= 11 is 0. The molecule has 6 nitrogen and oxygen atoms in total. The average Bonchev–Trinajstić information content (AvgIpc) is 3.46. The summed E-state index contributed by atoms with van der Waals surface area (Å²) in [6, 6.07) is 0.421. The first-order valence-electron chi connectivity index (χ1n) is 9.84. The van der Waals surface area contributed by atoms with Gasteiger partial charge in [0.15, 0.2) is 0 Å². The lowest BCUT2D eigenvalue weighted by molar-refractivity contribution is -0.143. The van der Waals surface area contributed by atoms with Crippen LogP contribution in [0.3, 0.4) is 0 Å². The number of likely N-dealkylation sites (tertiary alicyclic amines) is 2. The Bertz CT molecular complexity index is 473. The van der Waals surface area contributed by atoms with Gasteiger partial charge in [-0.1, -0.05) is 0 Å². The Morgan fingerprint density at radius 3 is 2.56 bits per heavy atom. The van der Waals surface area contributed by atoms with Crippen LogP contribution in [0.5, 0.6) is 0 Å². The van der Waals surface area contributed by atoms with Crippen molar-refractivity contribution in [2.24, 2.45) is 11.8 Å². The SMILES string of the molecule is COCCN1CCC(CN(C)C(=O)C2CCC(=O)N(C3CC3)C2)CC1. The van der Waals surface area contributed by atoms with Crippen LogP contribution in [0.25, 0.3) is 0 Å². The Morgan fingerprint density at radius 1 is 1.20 bits per heavy atom. The van der Waals surface area contributed by atoms with E-state index in [0.29, 0.717) is 24.9 Å². The minimum absolute atomic E-state index is 0.00471. The monoisotopic (exact) mass is 351 g/mol. The summed E-state index contributed by atoms with van der Waals surface area (Å²) in [6.07, 6.45) is 5.80. The number of nitrogens with zero attached hydrogens (tertiary/aromatic N) is 3. The molecule has 1 atom stereocenters. The zero-order valence-corrected chi connectivity index (χ0v) is 15.8. The minimum Gasteiger partial charge on any atom is -0.383 e. The van der Waals surface area contributed by atoms with E-state index in [9.17, 15) is 9.59 Å². The molecule has 0 aromatic carbocycles. The van der Waals surface area contributed by atoms with Crippen LogP contribution in [0.15, 0.2) is 0 Å². The molecule has 0 aromatic rings. The van der Waals surface area contributed by atoms with Gasteiger partial charge < -0.3 is 19.4 Å². The second kappa shape index (κ2) is 8.49. The molecule has 142 valence electrons. The molecule has 2 aliphatic heterocycles. The highest BCUT2D eigenvalue weighted by Gasteiger charge is 2.39. The van der Waals surface area contributed by atoms with Crippen molar-refractivity contribution in [2.45, 2.75) is 44.6 Å². The van der Waals surface area contributed by atoms with Crippen molar-refractivity contribution in [3.63, 3.8) is 0 Å². The van der Waals surface area contributed by atoms with Gasteiger partial charge in [0.1, 0.15) is 0 Å². The van der Waals surface area contributed by atoms with Crippen molar-refractivity contribution >= 4 is 11.8 Å². The van der Waals surface area contributed by atoms with E-state index in [1.165, 1.54) is 0 Å². The lowest BCUT2D eigenvalue weighted by atomic mass is 9.93. The first-order valence-corrected chi connectivity index (χ1v) is 9.84. The maximum absolute atomic E-state index is 12.8. The third kappa shape index (κ3) is 4.94. The predicted molar refractivity (Wildman–Crippen MR) is 96.1 cm³/mol. The second-order valence-corrected chi connectivity index (χ2v) is 8.01. The zero-order chi connectivity index (χ0) is 17.8. The van der Waals surface area contributed by atoms with Crippen LogP contribution in [-0.2, 0) is 14.3 Å². The number of ether oxygens (including phenoxy) is 1. The quantitative estimate of drug-likeness (QED) is 0.692. The van der Waals surface area contributed by atoms with Gasteiger partial charge in [-0.05, 0) is 51.1 Å². The summed E-state index contributed by atoms with van der Waals surface area (Å²) in [6.45, 7) is 5.49. The number of amides is 2. The van der Waals surface area contributed by atoms with Gasteiger partial charge in [0.25, 0.3) is 0 Å². The van der Waals surface area contributed by atoms with E-state index in [-0.39, 0.29) is 17.7 Å². The van der Waals surface area contributed by atoms with Crippen LogP contribution in [0.4, 0.5) is 0 Å². The third-order valence-corrected chi connectivity index (χ3v) is 6.01. The molecule has 3 aliphatic rings. The van der Waals surface area contributed by atoms with Gasteiger partial charge in [-0.2, -0.15) is 0 Å². The van der Waals surface area contributed by atoms with E-state index >= 15 is 0 Å². The highest BCUT2D eigenvalue weighted by molar-refractivity contribution is 5.84. The molecule has 2 saturated heterocycles. The van der Waals surface area contributed by atoms with Crippen LogP contribution in [0, 0.1) is 11.8 Å². The van der Waals surface area contributed by atoms with E-state index < -0.39 is 0 Å². The van der Waals surface area contributed by atoms with E-state index in [1.54, 1.807) is 7.11 Å². The highest BCUT2D eigenvalue weighted by Crippen LogP contribution is 2.32. The normalized spacial score (nSPS) is 26.1. The van der Waals surface area contributed by atoms with Crippen molar-refractivity contribution in [3.8, 4) is 0 Å². The van der Waals surface area contributed by atoms with E-state index in [4.69, 9.17) is 4.74 Å². The lowest BCUT2D eigenvalue weighted by Gasteiger charge is -2.36. The fraction of sp³-hybridized carbons (Fsp3) is 0.895. The van der Waals surface area contributed by atoms with Crippen LogP contribution < -0.4 is 0 Å². The van der Waals surface area contributed by atoms with Crippen molar-refractivity contribution in [2.75, 3.05) is 53.5 Å². The summed E-state index contributed by atoms with van der Waals surface area (Å²) < 4.78 is 5.15. The predicted octanol–water partition coefficient (Wildman–Crippen LogP) is 1.20. The van der Waals surface area contributed by atoms with Crippen LogP contribution in [0.1, 0.15) is 38.5 Å². The Balaban J connectivity index is 1.42. The zero-order valence-electron chi connectivity index (χ0n) is 15.8. The molecule has 1 aliphatic carbocycles. The number of rotatable bonds is 7. The number of carbonyl (C=O) groups excluding carboxylic acids is 2. The molecule has 2 heterocycles. The molecule has 3 rings (SSSR count). The molecule has 2 amide bonds. The van der Waals surface area contributed by atoms with Crippen molar-refractivity contribution in [3.05, 3.63) is 0 Å². The van der Waals surface area contributed by atoms with E-state index in [0.717, 1.165) is 64.9 Å². The summed E-state index contributed by atoms with van der Waals surface area (Å²) in [7, 11) is 3.69. The number of piperidine rings is 2. The van der Waals surface area contributed by atoms with Crippen LogP contribution >= 0.6 is 0 Å². The number of hydrogen-bond acceptors (Lipinski definition) is 4. The highest BCUT2D eigenvalue weighted by atomic mass is 16.5. The summed E-state index contributed by atoms with van der Waals surface area (Å²) in [5, 5.41) is 0. The minimum atomic E-state index is 0.00471. The molecule has 3 fully saturated rings. The molecule has 1 saturated carbocycles. The van der Waals surface area contributed by atoms with Gasteiger partial charge in [0.2, 0.25) is 11.8 Å². The molecule has 0 radical (unpaired) electrons. The fourth-order valence-corrected chi connectivity index (χ4v) is 4.21. The summed E-state index contributed by atoms with van der Waals surface area (Å²) in [5.41, 5.74) is 0. The molecule has 0 spiro atoms. The first kappa shape index (κ1) is 18.6. The van der Waals surface area contributed by atoms with Gasteiger partial charge in [0.05, 0.1) is 12.5 Å². The molecule has 0 aromatic heterocycles. The van der Waals surface area contributed by atoms with Crippen molar-refractivity contribution in [1.82, 2.24) is 14.7 Å². The lowest BCUT2D eigenvalue weighted by Crippen LogP contribution is -2.48. The van der Waals surface area contributed by atoms with Crippen LogP contribution in [0.2, 0.25) is 0 Å². The standard InChI is InChI=1S/C19H33N3O3/c1-20(13-15-7-9-21(10-8-15)11-12-25-2)19(24)16-3-6-18(23)22(14-16)17-4-5-17/h15-17H,3-14H2,1-2H3. The molecular weight excluding hydrogens is 318 g/mol. The van der Waals surface area contributed by atoms with Crippen LogP contribution in [-0.4, -0.2) is 86.0 Å². The second-order valence-electron chi connectivity index (χ2n) is 8.01. The Morgan fingerprint density at radius 2 is 1.92 bits per heavy atom. The first-order chi connectivity index (χ1) is 12.1. The Hall–Kier alpha value is -1.14. The van der Waals surface area contributed by atoms with Crippen molar-refractivity contribution in [1.29, 1.82) is 0 Å². The number of carbonyl (C=O) groups is 2. The topological polar surface area (TPSA) is 53.1 Å². The summed E-state index contributed by atoms with van der Waals surface area (Å²) in [5.74, 6) is 1.08. The average molecular weight is 351 g/mol. The molecule has 25 heavy (non-hydrogen) atoms. The number of methoxy groups -OCH3 is 1. The Kier molecular flexibility index (Phi) is 6.34. The van der Waals surface area contributed by atoms with Crippen molar-refractivity contribution < 1.29 is 14.3 Å². The van der Waals surface area contributed by atoms with Gasteiger partial charge >= 0.3 is 0 Å². The van der Waals surface area contributed by atoms with Gasteiger partial charge in [-0.15, -0.1) is 0 Å². The molecular formula is C19H33N3O3. The smallest absolute Gasteiger partial charge is 0.227 e. The largest absolute Gasteiger partial charge is 0.383 e. The Labute approximate surface area is 151 Å². The number of hydrogen-bond donors (Lipinski definition) is 0. The molecule has 0 bridgehead atoms.